The van der Waals surface area contributed by atoms with Gasteiger partial charge in [0.25, 0.3) is 5.91 Å². The molecule has 138 valence electrons. The first kappa shape index (κ1) is 18.1. The van der Waals surface area contributed by atoms with Gasteiger partial charge in [0.05, 0.1) is 11.8 Å². The van der Waals surface area contributed by atoms with E-state index in [0.29, 0.717) is 5.56 Å². The van der Waals surface area contributed by atoms with Gasteiger partial charge in [0.15, 0.2) is 11.5 Å². The molecule has 7 nitrogen and oxygen atoms in total. The molecule has 0 bridgehead atoms. The van der Waals surface area contributed by atoms with Crippen LogP contribution < -0.4 is 5.43 Å². The first-order valence-electron chi connectivity index (χ1n) is 8.21. The topological polar surface area (TPSA) is 107 Å². The molecule has 1 heterocycles. The zero-order chi connectivity index (χ0) is 19.6. The Bertz CT molecular complexity index is 1020. The second-order valence-electron chi connectivity index (χ2n) is 6.03. The van der Waals surface area contributed by atoms with Gasteiger partial charge in [-0.1, -0.05) is 18.2 Å². The Morgan fingerprint density at radius 1 is 1.04 bits per heavy atom. The quantitative estimate of drug-likeness (QED) is 0.324. The lowest BCUT2D eigenvalue weighted by Crippen LogP contribution is -2.18. The average molecular weight is 365 g/mol. The van der Waals surface area contributed by atoms with E-state index in [1.54, 1.807) is 6.07 Å². The molecule has 0 aliphatic rings. The molecule has 3 aromatic rings. The SMILES string of the molecule is Cc1cc(C(=O)NN=Cc2ccc(O)c(O)c2O)c(C)n1-c1ccccc1. The van der Waals surface area contributed by atoms with E-state index in [-0.39, 0.29) is 5.56 Å². The van der Waals surface area contributed by atoms with Gasteiger partial charge in [-0.05, 0) is 44.2 Å². The zero-order valence-corrected chi connectivity index (χ0v) is 14.8. The number of hydrazone groups is 1. The minimum atomic E-state index is -0.642. The fourth-order valence-electron chi connectivity index (χ4n) is 2.88. The second-order valence-corrected chi connectivity index (χ2v) is 6.03. The van der Waals surface area contributed by atoms with Crippen LogP contribution in [0.25, 0.3) is 5.69 Å². The maximum atomic E-state index is 12.5. The van der Waals surface area contributed by atoms with Crippen LogP contribution >= 0.6 is 0 Å². The van der Waals surface area contributed by atoms with Crippen LogP contribution in [0.4, 0.5) is 0 Å². The summed E-state index contributed by atoms with van der Waals surface area (Å²) >= 11 is 0. The van der Waals surface area contributed by atoms with Crippen molar-refractivity contribution in [1.82, 2.24) is 9.99 Å². The summed E-state index contributed by atoms with van der Waals surface area (Å²) in [6.45, 7) is 3.76. The van der Waals surface area contributed by atoms with Crippen molar-refractivity contribution in [3.8, 4) is 22.9 Å². The summed E-state index contributed by atoms with van der Waals surface area (Å²) in [7, 11) is 0. The van der Waals surface area contributed by atoms with Crippen molar-refractivity contribution in [1.29, 1.82) is 0 Å². The molecule has 0 aliphatic carbocycles. The molecule has 3 rings (SSSR count). The Kier molecular flexibility index (Phi) is 4.85. The summed E-state index contributed by atoms with van der Waals surface area (Å²) < 4.78 is 1.97. The van der Waals surface area contributed by atoms with Crippen molar-refractivity contribution in [2.75, 3.05) is 0 Å². The molecular formula is C20H19N3O4. The van der Waals surface area contributed by atoms with Crippen molar-refractivity contribution >= 4 is 12.1 Å². The molecule has 0 radical (unpaired) electrons. The maximum Gasteiger partial charge on any atom is 0.273 e. The summed E-state index contributed by atoms with van der Waals surface area (Å²) in [6, 6.07) is 14.1. The van der Waals surface area contributed by atoms with Crippen LogP contribution in [0.5, 0.6) is 17.2 Å². The fourth-order valence-corrected chi connectivity index (χ4v) is 2.88. The highest BCUT2D eigenvalue weighted by molar-refractivity contribution is 5.96. The molecule has 0 saturated heterocycles. The lowest BCUT2D eigenvalue weighted by Gasteiger charge is -2.09. The van der Waals surface area contributed by atoms with Crippen LogP contribution in [-0.2, 0) is 0 Å². The van der Waals surface area contributed by atoms with Gasteiger partial charge in [0, 0.05) is 22.6 Å². The number of benzene rings is 2. The number of aryl methyl sites for hydroxylation is 1. The summed E-state index contributed by atoms with van der Waals surface area (Å²) in [5.41, 5.74) is 5.68. The third kappa shape index (κ3) is 3.48. The molecule has 0 saturated carbocycles. The van der Waals surface area contributed by atoms with Crippen molar-refractivity contribution in [3.05, 3.63) is 71.0 Å². The monoisotopic (exact) mass is 365 g/mol. The van der Waals surface area contributed by atoms with E-state index in [1.807, 2.05) is 48.7 Å². The number of amides is 1. The van der Waals surface area contributed by atoms with Gasteiger partial charge >= 0.3 is 0 Å². The molecular weight excluding hydrogens is 346 g/mol. The Morgan fingerprint density at radius 3 is 2.44 bits per heavy atom. The van der Waals surface area contributed by atoms with Gasteiger partial charge in [-0.2, -0.15) is 5.10 Å². The molecule has 0 unspecified atom stereocenters. The Morgan fingerprint density at radius 2 is 1.74 bits per heavy atom. The normalized spacial score (nSPS) is 11.0. The summed E-state index contributed by atoms with van der Waals surface area (Å²) in [5, 5.41) is 32.4. The van der Waals surface area contributed by atoms with Crippen LogP contribution in [0.3, 0.4) is 0 Å². The molecule has 27 heavy (non-hydrogen) atoms. The highest BCUT2D eigenvalue weighted by Gasteiger charge is 2.16. The highest BCUT2D eigenvalue weighted by Crippen LogP contribution is 2.36. The molecule has 0 atom stereocenters. The summed E-state index contributed by atoms with van der Waals surface area (Å²) in [6.07, 6.45) is 1.18. The third-order valence-corrected chi connectivity index (χ3v) is 4.22. The number of hydrogen-bond acceptors (Lipinski definition) is 5. The van der Waals surface area contributed by atoms with Crippen molar-refractivity contribution < 1.29 is 20.1 Å². The van der Waals surface area contributed by atoms with Gasteiger partial charge in [-0.3, -0.25) is 4.79 Å². The van der Waals surface area contributed by atoms with E-state index >= 15 is 0 Å². The van der Waals surface area contributed by atoms with Gasteiger partial charge in [-0.15, -0.1) is 0 Å². The molecule has 0 aliphatic heterocycles. The van der Waals surface area contributed by atoms with Crippen LogP contribution in [0.15, 0.2) is 53.6 Å². The molecule has 2 aromatic carbocycles. The predicted octanol–water partition coefficient (Wildman–Crippen LogP) is 2.97. The largest absolute Gasteiger partial charge is 0.504 e. The number of para-hydroxylation sites is 1. The maximum absolute atomic E-state index is 12.5. The van der Waals surface area contributed by atoms with Crippen molar-refractivity contribution in [3.63, 3.8) is 0 Å². The number of nitrogens with one attached hydrogen (secondary N) is 1. The van der Waals surface area contributed by atoms with E-state index in [1.165, 1.54) is 18.3 Å². The highest BCUT2D eigenvalue weighted by atomic mass is 16.3. The average Bonchev–Trinajstić information content (AvgIpc) is 2.96. The van der Waals surface area contributed by atoms with Gasteiger partial charge < -0.3 is 19.9 Å². The van der Waals surface area contributed by atoms with Crippen molar-refractivity contribution in [2.45, 2.75) is 13.8 Å². The fraction of sp³-hybridized carbons (Fsp3) is 0.100. The number of phenols is 3. The Balaban J connectivity index is 1.81. The van der Waals surface area contributed by atoms with E-state index in [4.69, 9.17) is 0 Å². The van der Waals surface area contributed by atoms with Crippen LogP contribution in [0.2, 0.25) is 0 Å². The van der Waals surface area contributed by atoms with E-state index in [0.717, 1.165) is 17.1 Å². The molecule has 0 spiro atoms. The first-order chi connectivity index (χ1) is 12.9. The van der Waals surface area contributed by atoms with E-state index in [9.17, 15) is 20.1 Å². The van der Waals surface area contributed by atoms with Gasteiger partial charge in [0.1, 0.15) is 0 Å². The Labute approximate surface area is 155 Å². The first-order valence-corrected chi connectivity index (χ1v) is 8.21. The predicted molar refractivity (Wildman–Crippen MR) is 102 cm³/mol. The summed E-state index contributed by atoms with van der Waals surface area (Å²) in [5.74, 6) is -2.00. The molecule has 1 aromatic heterocycles. The minimum absolute atomic E-state index is 0.153. The van der Waals surface area contributed by atoms with E-state index in [2.05, 4.69) is 10.5 Å². The lowest BCUT2D eigenvalue weighted by molar-refractivity contribution is 0.0954. The lowest BCUT2D eigenvalue weighted by atomic mass is 10.2. The number of rotatable bonds is 4. The number of phenolic OH excluding ortho intramolecular Hbond substituents is 3. The second kappa shape index (κ2) is 7.25. The molecule has 4 N–H and O–H groups in total. The number of hydrogen-bond donors (Lipinski definition) is 4. The van der Waals surface area contributed by atoms with Gasteiger partial charge in [-0.25, -0.2) is 5.43 Å². The molecule has 1 amide bonds. The molecule has 0 fully saturated rings. The zero-order valence-electron chi connectivity index (χ0n) is 14.8. The van der Waals surface area contributed by atoms with Gasteiger partial charge in [0.2, 0.25) is 5.75 Å². The van der Waals surface area contributed by atoms with Crippen molar-refractivity contribution in [2.24, 2.45) is 5.10 Å². The number of aromatic nitrogens is 1. The number of carbonyl (C=O) groups excluding carboxylic acids is 1. The standard InChI is InChI=1S/C20H19N3O4/c1-12-10-16(13(2)23(12)15-6-4-3-5-7-15)20(27)22-21-11-14-8-9-17(24)19(26)18(14)25/h3-11,24-26H,1-2H3,(H,22,27). The molecule has 7 heteroatoms. The number of nitrogens with zero attached hydrogens (tertiary/aromatic N) is 2. The van der Waals surface area contributed by atoms with Crippen LogP contribution in [0.1, 0.15) is 27.3 Å². The van der Waals surface area contributed by atoms with Crippen LogP contribution in [0, 0.1) is 13.8 Å². The van der Waals surface area contributed by atoms with E-state index < -0.39 is 23.2 Å². The third-order valence-electron chi connectivity index (χ3n) is 4.22. The summed E-state index contributed by atoms with van der Waals surface area (Å²) in [4.78, 5) is 12.5. The number of carbonyl (C=O) groups is 1. The number of aromatic hydroxyl groups is 3. The van der Waals surface area contributed by atoms with Crippen LogP contribution in [-0.4, -0.2) is 32.0 Å². The minimum Gasteiger partial charge on any atom is -0.504 e. The Hall–Kier alpha value is -3.74. The smallest absolute Gasteiger partial charge is 0.273 e.